The number of methoxy groups -OCH3 is 1. The van der Waals surface area contributed by atoms with E-state index in [1.165, 1.54) is 25.5 Å². The van der Waals surface area contributed by atoms with Gasteiger partial charge in [-0.1, -0.05) is 47.5 Å². The van der Waals surface area contributed by atoms with Crippen molar-refractivity contribution in [3.05, 3.63) is 87.9 Å². The largest absolute Gasteiger partial charge is 0.493 e. The number of nitrogens with one attached hydrogen (secondary N) is 1. The Balaban J connectivity index is 1.77. The van der Waals surface area contributed by atoms with Crippen LogP contribution in [-0.2, 0) is 21.4 Å². The Morgan fingerprint density at radius 1 is 1.03 bits per heavy atom. The molecular formula is C25H25Cl2N3O5S. The fraction of sp³-hybridized carbons (Fsp3) is 0.200. The van der Waals surface area contributed by atoms with E-state index in [0.717, 1.165) is 4.31 Å². The summed E-state index contributed by atoms with van der Waals surface area (Å²) in [5.74, 6) is 0.489. The lowest BCUT2D eigenvalue weighted by atomic mass is 10.2. The average Bonchev–Trinajstić information content (AvgIpc) is 2.87. The van der Waals surface area contributed by atoms with Gasteiger partial charge in [0.1, 0.15) is 0 Å². The summed E-state index contributed by atoms with van der Waals surface area (Å²) in [6.07, 6.45) is 1.42. The van der Waals surface area contributed by atoms with Gasteiger partial charge in [0.15, 0.2) is 11.5 Å². The van der Waals surface area contributed by atoms with Gasteiger partial charge in [0.25, 0.3) is 5.91 Å². The molecule has 0 spiro atoms. The van der Waals surface area contributed by atoms with Crippen molar-refractivity contribution >= 4 is 45.3 Å². The summed E-state index contributed by atoms with van der Waals surface area (Å²) < 4.78 is 38.4. The second kappa shape index (κ2) is 12.7. The van der Waals surface area contributed by atoms with Crippen LogP contribution in [0, 0.1) is 0 Å². The molecule has 3 rings (SSSR count). The topological polar surface area (TPSA) is 97.3 Å². The number of amides is 1. The summed E-state index contributed by atoms with van der Waals surface area (Å²) in [5.41, 5.74) is 3.60. The van der Waals surface area contributed by atoms with E-state index in [1.807, 2.05) is 6.92 Å². The van der Waals surface area contributed by atoms with Crippen LogP contribution in [0.5, 0.6) is 11.5 Å². The number of sulfonamides is 1. The van der Waals surface area contributed by atoms with Crippen LogP contribution in [0.25, 0.3) is 0 Å². The number of carbonyl (C=O) groups excluding carboxylic acids is 1. The van der Waals surface area contributed by atoms with Crippen molar-refractivity contribution < 1.29 is 22.7 Å². The van der Waals surface area contributed by atoms with E-state index in [1.54, 1.807) is 54.6 Å². The Labute approximate surface area is 220 Å². The number of nitrogens with zero attached hydrogens (tertiary/aromatic N) is 2. The highest BCUT2D eigenvalue weighted by molar-refractivity contribution is 7.89. The molecule has 0 aromatic heterocycles. The number of benzene rings is 3. The van der Waals surface area contributed by atoms with E-state index in [2.05, 4.69) is 10.5 Å². The first-order valence-electron chi connectivity index (χ1n) is 10.9. The predicted molar refractivity (Wildman–Crippen MR) is 140 cm³/mol. The van der Waals surface area contributed by atoms with Gasteiger partial charge in [-0.2, -0.15) is 9.41 Å². The third-order valence-corrected chi connectivity index (χ3v) is 7.48. The molecule has 0 heterocycles. The van der Waals surface area contributed by atoms with Gasteiger partial charge < -0.3 is 9.47 Å². The lowest BCUT2D eigenvalue weighted by molar-refractivity contribution is -0.121. The number of halogens is 2. The summed E-state index contributed by atoms with van der Waals surface area (Å²) in [6, 6.07) is 17.8. The van der Waals surface area contributed by atoms with E-state index in [0.29, 0.717) is 34.3 Å². The monoisotopic (exact) mass is 549 g/mol. The fourth-order valence-corrected chi connectivity index (χ4v) is 4.95. The number of hydrazone groups is 1. The van der Waals surface area contributed by atoms with Gasteiger partial charge in [0.05, 0.1) is 41.4 Å². The molecule has 3 aromatic rings. The summed E-state index contributed by atoms with van der Waals surface area (Å²) in [4.78, 5) is 12.7. The Hall–Kier alpha value is -3.11. The second-order valence-electron chi connectivity index (χ2n) is 7.47. The SMILES string of the molecule is CCOc1ccc(/C=N\NC(=O)CN(Cc2ccc(Cl)c(Cl)c2)S(=O)(=O)c2ccccc2)cc1OC. The summed E-state index contributed by atoms with van der Waals surface area (Å²) in [7, 11) is -2.48. The van der Waals surface area contributed by atoms with E-state index in [-0.39, 0.29) is 16.5 Å². The molecular weight excluding hydrogens is 525 g/mol. The van der Waals surface area contributed by atoms with E-state index in [4.69, 9.17) is 32.7 Å². The van der Waals surface area contributed by atoms with E-state index < -0.39 is 22.5 Å². The highest BCUT2D eigenvalue weighted by Gasteiger charge is 2.27. The summed E-state index contributed by atoms with van der Waals surface area (Å²) in [5, 5.41) is 4.58. The van der Waals surface area contributed by atoms with E-state index in [9.17, 15) is 13.2 Å². The van der Waals surface area contributed by atoms with Crippen LogP contribution >= 0.6 is 23.2 Å². The molecule has 190 valence electrons. The maximum atomic E-state index is 13.3. The molecule has 0 atom stereocenters. The van der Waals surface area contributed by atoms with Gasteiger partial charge in [-0.05, 0) is 60.5 Å². The van der Waals surface area contributed by atoms with Crippen molar-refractivity contribution in [2.24, 2.45) is 5.10 Å². The zero-order chi connectivity index (χ0) is 26.1. The minimum atomic E-state index is -4.00. The first-order chi connectivity index (χ1) is 17.2. The average molecular weight is 550 g/mol. The number of carbonyl (C=O) groups is 1. The minimum absolute atomic E-state index is 0.0582. The van der Waals surface area contributed by atoms with Crippen molar-refractivity contribution in [2.75, 3.05) is 20.3 Å². The molecule has 8 nitrogen and oxygen atoms in total. The van der Waals surface area contributed by atoms with Crippen LogP contribution in [0.3, 0.4) is 0 Å². The Morgan fingerprint density at radius 2 is 1.78 bits per heavy atom. The Kier molecular flexibility index (Phi) is 9.72. The smallest absolute Gasteiger partial charge is 0.255 e. The third-order valence-electron chi connectivity index (χ3n) is 4.93. The minimum Gasteiger partial charge on any atom is -0.493 e. The molecule has 0 fully saturated rings. The molecule has 3 aromatic carbocycles. The third kappa shape index (κ3) is 7.20. The fourth-order valence-electron chi connectivity index (χ4n) is 3.22. The van der Waals surface area contributed by atoms with Crippen LogP contribution in [0.4, 0.5) is 0 Å². The number of rotatable bonds is 11. The number of ether oxygens (including phenoxy) is 2. The molecule has 0 unspecified atom stereocenters. The molecule has 0 aliphatic carbocycles. The van der Waals surface area contributed by atoms with Crippen LogP contribution in [-0.4, -0.2) is 45.1 Å². The predicted octanol–water partition coefficient (Wildman–Crippen LogP) is 4.74. The maximum Gasteiger partial charge on any atom is 0.255 e. The van der Waals surface area contributed by atoms with Gasteiger partial charge >= 0.3 is 0 Å². The zero-order valence-corrected chi connectivity index (χ0v) is 22.0. The molecule has 0 saturated carbocycles. The van der Waals surface area contributed by atoms with Gasteiger partial charge in [0, 0.05) is 6.54 Å². The molecule has 0 bridgehead atoms. The molecule has 0 radical (unpaired) electrons. The van der Waals surface area contributed by atoms with Gasteiger partial charge in [-0.25, -0.2) is 13.8 Å². The highest BCUT2D eigenvalue weighted by atomic mass is 35.5. The quantitative estimate of drug-likeness (QED) is 0.275. The molecule has 0 aliphatic heterocycles. The molecule has 36 heavy (non-hydrogen) atoms. The Bertz CT molecular complexity index is 1330. The highest BCUT2D eigenvalue weighted by Crippen LogP contribution is 2.27. The van der Waals surface area contributed by atoms with Crippen molar-refractivity contribution in [3.8, 4) is 11.5 Å². The summed E-state index contributed by atoms with van der Waals surface area (Å²) >= 11 is 12.1. The van der Waals surface area contributed by atoms with Crippen molar-refractivity contribution in [1.29, 1.82) is 0 Å². The lowest BCUT2D eigenvalue weighted by Gasteiger charge is -2.21. The summed E-state index contributed by atoms with van der Waals surface area (Å²) in [6.45, 7) is 1.79. The van der Waals surface area contributed by atoms with E-state index >= 15 is 0 Å². The molecule has 0 saturated heterocycles. The van der Waals surface area contributed by atoms with Crippen LogP contribution in [0.15, 0.2) is 76.7 Å². The van der Waals surface area contributed by atoms with Crippen molar-refractivity contribution in [2.45, 2.75) is 18.4 Å². The first-order valence-corrected chi connectivity index (χ1v) is 13.1. The number of hydrogen-bond acceptors (Lipinski definition) is 6. The molecule has 1 N–H and O–H groups in total. The normalized spacial score (nSPS) is 11.6. The zero-order valence-electron chi connectivity index (χ0n) is 19.6. The van der Waals surface area contributed by atoms with Gasteiger partial charge in [-0.3, -0.25) is 4.79 Å². The van der Waals surface area contributed by atoms with Crippen LogP contribution in [0.1, 0.15) is 18.1 Å². The van der Waals surface area contributed by atoms with Crippen LogP contribution in [0.2, 0.25) is 10.0 Å². The Morgan fingerprint density at radius 3 is 2.44 bits per heavy atom. The maximum absolute atomic E-state index is 13.3. The first kappa shape index (κ1) is 27.5. The van der Waals surface area contributed by atoms with Crippen molar-refractivity contribution in [3.63, 3.8) is 0 Å². The molecule has 11 heteroatoms. The number of hydrogen-bond donors (Lipinski definition) is 1. The van der Waals surface area contributed by atoms with Gasteiger partial charge in [-0.15, -0.1) is 0 Å². The molecule has 0 aliphatic rings. The van der Waals surface area contributed by atoms with Crippen LogP contribution < -0.4 is 14.9 Å². The standard InChI is InChI=1S/C25H25Cl2N3O5S/c1-3-35-23-12-10-18(14-24(23)34-2)15-28-29-25(31)17-30(16-19-9-11-21(26)22(27)13-19)36(32,33)20-7-5-4-6-8-20/h4-15H,3,16-17H2,1-2H3,(H,29,31)/b28-15-. The lowest BCUT2D eigenvalue weighted by Crippen LogP contribution is -2.39. The van der Waals surface area contributed by atoms with Crippen molar-refractivity contribution in [1.82, 2.24) is 9.73 Å². The molecule has 1 amide bonds. The van der Waals surface area contributed by atoms with Gasteiger partial charge in [0.2, 0.25) is 10.0 Å². The second-order valence-corrected chi connectivity index (χ2v) is 10.2.